The monoisotopic (exact) mass is 253 g/mol. The molecule has 0 aromatic carbocycles. The topological polar surface area (TPSA) is 85.8 Å². The van der Waals surface area contributed by atoms with E-state index in [1.54, 1.807) is 18.9 Å². The molecule has 2 aromatic rings. The Bertz CT molecular complexity index is 481. The van der Waals surface area contributed by atoms with Gasteiger partial charge in [-0.05, 0) is 0 Å². The van der Waals surface area contributed by atoms with Crippen LogP contribution in [0.3, 0.4) is 0 Å². The largest absolute Gasteiger partial charge is 0.481 e. The minimum Gasteiger partial charge on any atom is -0.481 e. The molecule has 0 bridgehead atoms. The number of hydrogen-bond donors (Lipinski definition) is 1. The van der Waals surface area contributed by atoms with Crippen LogP contribution in [0.2, 0.25) is 0 Å². The van der Waals surface area contributed by atoms with Crippen LogP contribution in [0.4, 0.5) is 0 Å². The van der Waals surface area contributed by atoms with Gasteiger partial charge in [0.2, 0.25) is 0 Å². The molecule has 8 heteroatoms. The van der Waals surface area contributed by atoms with Gasteiger partial charge in [0.05, 0.1) is 12.1 Å². The second-order valence-electron chi connectivity index (χ2n) is 3.29. The Morgan fingerprint density at radius 2 is 2.29 bits per heavy atom. The molecular formula is C9H11N5O2S. The van der Waals surface area contributed by atoms with E-state index in [1.807, 2.05) is 15.3 Å². The van der Waals surface area contributed by atoms with Crippen LogP contribution >= 0.6 is 11.8 Å². The lowest BCUT2D eigenvalue weighted by Gasteiger charge is -2.05. The van der Waals surface area contributed by atoms with Crippen molar-refractivity contribution in [3.63, 3.8) is 0 Å². The molecule has 0 radical (unpaired) electrons. The molecule has 0 saturated heterocycles. The van der Waals surface area contributed by atoms with Crippen molar-refractivity contribution in [2.45, 2.75) is 18.2 Å². The van der Waals surface area contributed by atoms with Crippen molar-refractivity contribution in [1.29, 1.82) is 0 Å². The summed E-state index contributed by atoms with van der Waals surface area (Å²) in [5.74, 6) is -0.872. The number of carbonyl (C=O) groups is 1. The highest BCUT2D eigenvalue weighted by molar-refractivity contribution is 7.99. The van der Waals surface area contributed by atoms with Gasteiger partial charge in [-0.1, -0.05) is 11.8 Å². The van der Waals surface area contributed by atoms with E-state index in [2.05, 4.69) is 15.2 Å². The van der Waals surface area contributed by atoms with Gasteiger partial charge in [0.15, 0.2) is 5.16 Å². The van der Waals surface area contributed by atoms with E-state index < -0.39 is 5.97 Å². The van der Waals surface area contributed by atoms with Crippen molar-refractivity contribution in [3.05, 3.63) is 25.0 Å². The van der Waals surface area contributed by atoms with Crippen molar-refractivity contribution < 1.29 is 9.90 Å². The predicted molar refractivity (Wildman–Crippen MR) is 60.6 cm³/mol. The van der Waals surface area contributed by atoms with Gasteiger partial charge < -0.3 is 14.2 Å². The van der Waals surface area contributed by atoms with Gasteiger partial charge in [-0.3, -0.25) is 4.79 Å². The average Bonchev–Trinajstić information content (AvgIpc) is 2.95. The number of carboxylic acid groups (broad SMARTS) is 1. The van der Waals surface area contributed by atoms with Gasteiger partial charge in [-0.25, -0.2) is 4.98 Å². The molecule has 90 valence electrons. The number of nitrogens with zero attached hydrogens (tertiary/aromatic N) is 5. The number of imidazole rings is 1. The zero-order valence-electron chi connectivity index (χ0n) is 8.93. The van der Waals surface area contributed by atoms with E-state index in [0.717, 1.165) is 18.3 Å². The Kier molecular flexibility index (Phi) is 3.76. The zero-order valence-corrected chi connectivity index (χ0v) is 9.75. The summed E-state index contributed by atoms with van der Waals surface area (Å²) in [5, 5.41) is 16.9. The van der Waals surface area contributed by atoms with Crippen LogP contribution in [0, 0.1) is 0 Å². The lowest BCUT2D eigenvalue weighted by molar-refractivity contribution is -0.133. The molecule has 0 aliphatic rings. The van der Waals surface area contributed by atoms with E-state index >= 15 is 0 Å². The van der Waals surface area contributed by atoms with Gasteiger partial charge in [0.1, 0.15) is 6.33 Å². The molecule has 0 aliphatic heterocycles. The maximum Gasteiger partial charge on any atom is 0.313 e. The van der Waals surface area contributed by atoms with E-state index in [1.165, 1.54) is 0 Å². The van der Waals surface area contributed by atoms with Crippen LogP contribution in [0.15, 0.2) is 30.2 Å². The minimum absolute atomic E-state index is 0.0102. The molecular weight excluding hydrogens is 242 g/mol. The summed E-state index contributed by atoms with van der Waals surface area (Å²) in [6.45, 7) is 1.43. The molecule has 2 rings (SSSR count). The number of carboxylic acids is 1. The third kappa shape index (κ3) is 3.31. The van der Waals surface area contributed by atoms with Crippen molar-refractivity contribution in [1.82, 2.24) is 24.3 Å². The highest BCUT2D eigenvalue weighted by Crippen LogP contribution is 2.14. The van der Waals surface area contributed by atoms with Gasteiger partial charge in [0.25, 0.3) is 0 Å². The number of thioether (sulfide) groups is 1. The molecule has 2 aromatic heterocycles. The van der Waals surface area contributed by atoms with Crippen molar-refractivity contribution in [3.8, 4) is 0 Å². The molecule has 0 amide bonds. The Labute approximate surface area is 101 Å². The van der Waals surface area contributed by atoms with Crippen molar-refractivity contribution in [2.24, 2.45) is 0 Å². The fourth-order valence-corrected chi connectivity index (χ4v) is 1.94. The van der Waals surface area contributed by atoms with Crippen molar-refractivity contribution in [2.75, 3.05) is 5.75 Å². The third-order valence-corrected chi connectivity index (χ3v) is 3.03. The Hall–Kier alpha value is -1.83. The molecule has 0 unspecified atom stereocenters. The van der Waals surface area contributed by atoms with Crippen LogP contribution in [0.1, 0.15) is 0 Å². The summed E-state index contributed by atoms with van der Waals surface area (Å²) < 4.78 is 3.76. The lowest BCUT2D eigenvalue weighted by atomic mass is 10.6. The van der Waals surface area contributed by atoms with Crippen LogP contribution < -0.4 is 0 Å². The quantitative estimate of drug-likeness (QED) is 0.748. The SMILES string of the molecule is O=C(O)CSc1nncn1CCn1ccnc1. The summed E-state index contributed by atoms with van der Waals surface area (Å²) in [6.07, 6.45) is 6.91. The lowest BCUT2D eigenvalue weighted by Crippen LogP contribution is -2.07. The number of aromatic nitrogens is 5. The van der Waals surface area contributed by atoms with Crippen molar-refractivity contribution >= 4 is 17.7 Å². The van der Waals surface area contributed by atoms with Crippen LogP contribution in [-0.4, -0.2) is 41.1 Å². The maximum absolute atomic E-state index is 10.5. The highest BCUT2D eigenvalue weighted by atomic mass is 32.2. The highest BCUT2D eigenvalue weighted by Gasteiger charge is 2.07. The van der Waals surface area contributed by atoms with Crippen LogP contribution in [-0.2, 0) is 17.9 Å². The van der Waals surface area contributed by atoms with E-state index in [-0.39, 0.29) is 5.75 Å². The third-order valence-electron chi connectivity index (χ3n) is 2.06. The molecule has 0 saturated carbocycles. The molecule has 0 fully saturated rings. The second-order valence-corrected chi connectivity index (χ2v) is 4.23. The first kappa shape index (κ1) is 11.6. The summed E-state index contributed by atoms with van der Waals surface area (Å²) in [7, 11) is 0. The van der Waals surface area contributed by atoms with E-state index in [9.17, 15) is 4.79 Å². The number of aryl methyl sites for hydroxylation is 2. The minimum atomic E-state index is -0.862. The molecule has 0 spiro atoms. The first-order valence-corrected chi connectivity index (χ1v) is 5.92. The Balaban J connectivity index is 1.92. The fourth-order valence-electron chi connectivity index (χ4n) is 1.28. The summed E-state index contributed by atoms with van der Waals surface area (Å²) in [6, 6.07) is 0. The second kappa shape index (κ2) is 5.48. The van der Waals surface area contributed by atoms with Crippen LogP contribution in [0.25, 0.3) is 0 Å². The first-order chi connectivity index (χ1) is 8.25. The molecule has 7 nitrogen and oxygen atoms in total. The summed E-state index contributed by atoms with van der Waals surface area (Å²) in [5.41, 5.74) is 0. The molecule has 0 atom stereocenters. The summed E-state index contributed by atoms with van der Waals surface area (Å²) in [4.78, 5) is 14.4. The Morgan fingerprint density at radius 1 is 1.41 bits per heavy atom. The van der Waals surface area contributed by atoms with Gasteiger partial charge in [-0.15, -0.1) is 10.2 Å². The van der Waals surface area contributed by atoms with E-state index in [0.29, 0.717) is 11.7 Å². The summed E-state index contributed by atoms with van der Waals surface area (Å²) >= 11 is 1.16. The fraction of sp³-hybridized carbons (Fsp3) is 0.333. The zero-order chi connectivity index (χ0) is 12.1. The van der Waals surface area contributed by atoms with Gasteiger partial charge in [-0.2, -0.15) is 0 Å². The standard InChI is InChI=1S/C9H11N5O2S/c15-8(16)5-17-9-12-11-7-14(9)4-3-13-2-1-10-6-13/h1-2,6-7H,3-5H2,(H,15,16). The smallest absolute Gasteiger partial charge is 0.313 e. The van der Waals surface area contributed by atoms with E-state index in [4.69, 9.17) is 5.11 Å². The first-order valence-electron chi connectivity index (χ1n) is 4.94. The number of hydrogen-bond acceptors (Lipinski definition) is 5. The predicted octanol–water partition coefficient (Wildman–Crippen LogP) is 0.351. The maximum atomic E-state index is 10.5. The molecule has 2 heterocycles. The number of aliphatic carboxylic acids is 1. The average molecular weight is 253 g/mol. The van der Waals surface area contributed by atoms with Crippen LogP contribution in [0.5, 0.6) is 0 Å². The van der Waals surface area contributed by atoms with Gasteiger partial charge in [0, 0.05) is 25.5 Å². The van der Waals surface area contributed by atoms with Gasteiger partial charge >= 0.3 is 5.97 Å². The number of rotatable bonds is 6. The molecule has 0 aliphatic carbocycles. The molecule has 17 heavy (non-hydrogen) atoms. The Morgan fingerprint density at radius 3 is 3.00 bits per heavy atom. The molecule has 1 N–H and O–H groups in total. The normalized spacial score (nSPS) is 10.6.